The van der Waals surface area contributed by atoms with Gasteiger partial charge in [-0.3, -0.25) is 9.79 Å². The number of aliphatic carboxylic acids is 1. The molecular weight excluding hydrogens is 202 g/mol. The van der Waals surface area contributed by atoms with Gasteiger partial charge >= 0.3 is 5.97 Å². The summed E-state index contributed by atoms with van der Waals surface area (Å²) in [6, 6.07) is -0.747. The lowest BCUT2D eigenvalue weighted by Gasteiger charge is -2.04. The molecule has 0 heterocycles. The number of nitrogens with zero attached hydrogens (tertiary/aromatic N) is 1. The zero-order chi connectivity index (χ0) is 10.3. The van der Waals surface area contributed by atoms with Crippen LogP contribution >= 0.6 is 0 Å². The highest BCUT2D eigenvalue weighted by Crippen LogP contribution is 1.99. The van der Waals surface area contributed by atoms with E-state index in [9.17, 15) is 4.79 Å². The van der Waals surface area contributed by atoms with Gasteiger partial charge in [-0.15, -0.1) is 0 Å². The molecule has 0 rings (SSSR count). The van der Waals surface area contributed by atoms with Crippen LogP contribution in [-0.4, -0.2) is 40.5 Å². The summed E-state index contributed by atoms with van der Waals surface area (Å²) in [5.74, 6) is -0.388. The third-order valence-corrected chi connectivity index (χ3v) is 1.60. The van der Waals surface area contributed by atoms with Crippen LogP contribution in [0.3, 0.4) is 0 Å². The van der Waals surface area contributed by atoms with E-state index >= 15 is 0 Å². The van der Waals surface area contributed by atoms with Crippen LogP contribution < -0.4 is 11.5 Å². The summed E-state index contributed by atoms with van der Waals surface area (Å²) in [4.78, 5) is 14.3. The molecule has 0 radical (unpaired) electrons. The number of amidine groups is 1. The van der Waals surface area contributed by atoms with Gasteiger partial charge in [0.2, 0.25) is 0 Å². The number of hydrogen-bond donors (Lipinski definition) is 3. The summed E-state index contributed by atoms with van der Waals surface area (Å²) < 4.78 is 0. The molecule has 0 aliphatic rings. The van der Waals surface area contributed by atoms with Crippen LogP contribution in [-0.2, 0) is 4.79 Å². The molecule has 0 aromatic rings. The number of carboxylic acid groups (broad SMARTS) is 1. The Kier molecular flexibility index (Phi) is 14.1. The summed E-state index contributed by atoms with van der Waals surface area (Å²) in [5, 5.41) is 8.45. The van der Waals surface area contributed by atoms with Crippen LogP contribution in [0.2, 0.25) is 0 Å². The van der Waals surface area contributed by atoms with Crippen molar-refractivity contribution in [1.29, 1.82) is 0 Å². The van der Waals surface area contributed by atoms with Crippen LogP contribution in [0.1, 0.15) is 26.2 Å². The zero-order valence-electron chi connectivity index (χ0n) is 8.86. The third-order valence-electron chi connectivity index (χ3n) is 1.60. The summed E-state index contributed by atoms with van der Waals surface area (Å²) in [5.41, 5.74) is 10.6. The van der Waals surface area contributed by atoms with Gasteiger partial charge in [0, 0.05) is 6.54 Å². The Balaban J connectivity index is -0.000000720. The first-order chi connectivity index (χ1) is 6.04. The lowest BCUT2D eigenvalue weighted by molar-refractivity contribution is -0.138. The van der Waals surface area contributed by atoms with Crippen LogP contribution in [0.25, 0.3) is 0 Å². The fraction of sp³-hybridized carbons (Fsp3) is 0.750. The number of carboxylic acids is 1. The van der Waals surface area contributed by atoms with E-state index in [-0.39, 0.29) is 11.0 Å². The van der Waals surface area contributed by atoms with Gasteiger partial charge in [0.05, 0.1) is 5.84 Å². The lowest BCUT2D eigenvalue weighted by atomic mass is 10.1. The van der Waals surface area contributed by atoms with Gasteiger partial charge < -0.3 is 27.5 Å². The van der Waals surface area contributed by atoms with Crippen LogP contribution in [0.15, 0.2) is 4.99 Å². The Morgan fingerprint density at radius 2 is 1.93 bits per heavy atom. The predicted octanol–water partition coefficient (Wildman–Crippen LogP) is -1.70. The molecule has 0 aromatic heterocycles. The van der Waals surface area contributed by atoms with Crippen LogP contribution in [0, 0.1) is 0 Å². The maximum atomic E-state index is 10.3. The first kappa shape index (κ1) is 19.4. The molecule has 0 spiro atoms. The van der Waals surface area contributed by atoms with E-state index in [2.05, 4.69) is 4.99 Å². The number of aliphatic imine (C=N–C) groups is 1. The molecular formula is C8H21N3O4. The Labute approximate surface area is 88.8 Å². The van der Waals surface area contributed by atoms with Gasteiger partial charge in [-0.25, -0.2) is 0 Å². The molecule has 7 nitrogen and oxygen atoms in total. The van der Waals surface area contributed by atoms with E-state index in [1.54, 1.807) is 6.92 Å². The predicted molar refractivity (Wildman–Crippen MR) is 58.9 cm³/mol. The minimum atomic E-state index is -0.946. The van der Waals surface area contributed by atoms with Gasteiger partial charge in [-0.05, 0) is 26.2 Å². The van der Waals surface area contributed by atoms with Gasteiger partial charge in [0.1, 0.15) is 6.04 Å². The van der Waals surface area contributed by atoms with Gasteiger partial charge in [-0.1, -0.05) is 0 Å². The Hall–Kier alpha value is -1.18. The minimum Gasteiger partial charge on any atom is -0.480 e. The largest absolute Gasteiger partial charge is 0.480 e. The van der Waals surface area contributed by atoms with Crippen molar-refractivity contribution in [3.8, 4) is 0 Å². The molecule has 15 heavy (non-hydrogen) atoms. The molecule has 0 aromatic carbocycles. The topological polar surface area (TPSA) is 165 Å². The molecule has 0 aliphatic heterocycles. The first-order valence-corrected chi connectivity index (χ1v) is 4.29. The average Bonchev–Trinajstić information content (AvgIpc) is 2.02. The maximum absolute atomic E-state index is 10.3. The van der Waals surface area contributed by atoms with Crippen molar-refractivity contribution < 1.29 is 20.9 Å². The van der Waals surface area contributed by atoms with Crippen molar-refractivity contribution in [3.63, 3.8) is 0 Å². The van der Waals surface area contributed by atoms with E-state index in [0.29, 0.717) is 18.8 Å². The van der Waals surface area contributed by atoms with Crippen molar-refractivity contribution in [2.24, 2.45) is 16.5 Å². The molecule has 92 valence electrons. The van der Waals surface area contributed by atoms with Gasteiger partial charge in [0.25, 0.3) is 0 Å². The number of hydrogen-bond acceptors (Lipinski definition) is 3. The second-order valence-corrected chi connectivity index (χ2v) is 2.96. The smallest absolute Gasteiger partial charge is 0.320 e. The highest BCUT2D eigenvalue weighted by atomic mass is 16.4. The van der Waals surface area contributed by atoms with E-state index in [4.69, 9.17) is 16.6 Å². The Morgan fingerprint density at radius 3 is 2.33 bits per heavy atom. The fourth-order valence-electron chi connectivity index (χ4n) is 0.855. The Bertz CT molecular complexity index is 192. The summed E-state index contributed by atoms with van der Waals surface area (Å²) >= 11 is 0. The number of rotatable bonds is 6. The first-order valence-electron chi connectivity index (χ1n) is 4.29. The quantitative estimate of drug-likeness (QED) is 0.277. The van der Waals surface area contributed by atoms with Crippen LogP contribution in [0.5, 0.6) is 0 Å². The number of unbranched alkanes of at least 4 members (excludes halogenated alkanes) is 1. The Morgan fingerprint density at radius 1 is 1.40 bits per heavy atom. The monoisotopic (exact) mass is 223 g/mol. The second kappa shape index (κ2) is 10.9. The molecule has 0 saturated carbocycles. The number of nitrogens with two attached hydrogens (primary N) is 2. The molecule has 0 saturated heterocycles. The second-order valence-electron chi connectivity index (χ2n) is 2.96. The van der Waals surface area contributed by atoms with Crippen molar-refractivity contribution in [3.05, 3.63) is 0 Å². The summed E-state index contributed by atoms with van der Waals surface area (Å²) in [6.07, 6.45) is 2.09. The molecule has 9 N–H and O–H groups in total. The van der Waals surface area contributed by atoms with E-state index in [1.165, 1.54) is 0 Å². The lowest BCUT2D eigenvalue weighted by Crippen LogP contribution is -2.29. The zero-order valence-corrected chi connectivity index (χ0v) is 8.86. The highest BCUT2D eigenvalue weighted by Gasteiger charge is 2.09. The van der Waals surface area contributed by atoms with Crippen LogP contribution in [0.4, 0.5) is 0 Å². The molecule has 0 amide bonds. The van der Waals surface area contributed by atoms with E-state index < -0.39 is 12.0 Å². The normalized spacial score (nSPS) is 12.3. The van der Waals surface area contributed by atoms with Crippen molar-refractivity contribution >= 4 is 11.8 Å². The average molecular weight is 223 g/mol. The molecule has 0 fully saturated rings. The van der Waals surface area contributed by atoms with E-state index in [1.807, 2.05) is 0 Å². The van der Waals surface area contributed by atoms with Crippen molar-refractivity contribution in [2.75, 3.05) is 6.54 Å². The number of carbonyl (C=O) groups is 1. The SMILES string of the molecule is CC(N)=NCCCCC(N)C(=O)O.O.O. The summed E-state index contributed by atoms with van der Waals surface area (Å²) in [6.45, 7) is 2.37. The van der Waals surface area contributed by atoms with E-state index in [0.717, 1.165) is 12.8 Å². The van der Waals surface area contributed by atoms with Crippen molar-refractivity contribution in [1.82, 2.24) is 0 Å². The molecule has 0 bridgehead atoms. The molecule has 1 atom stereocenters. The minimum absolute atomic E-state index is 0. The highest BCUT2D eigenvalue weighted by molar-refractivity contribution is 5.77. The van der Waals surface area contributed by atoms with Gasteiger partial charge in [-0.2, -0.15) is 0 Å². The van der Waals surface area contributed by atoms with Crippen molar-refractivity contribution in [2.45, 2.75) is 32.2 Å². The molecule has 0 aliphatic carbocycles. The standard InChI is InChI=1S/C8H17N3O2.2H2O/c1-6(9)11-5-3-2-4-7(10)8(12)13;;/h7H,2-5,10H2,1H3,(H2,9,11)(H,12,13);2*1H2. The third kappa shape index (κ3) is 12.8. The maximum Gasteiger partial charge on any atom is 0.320 e. The fourth-order valence-corrected chi connectivity index (χ4v) is 0.855. The molecule has 7 heteroatoms. The molecule has 1 unspecified atom stereocenters. The van der Waals surface area contributed by atoms with Gasteiger partial charge in [0.15, 0.2) is 0 Å². The summed E-state index contributed by atoms with van der Waals surface area (Å²) in [7, 11) is 0.